The van der Waals surface area contributed by atoms with Crippen molar-refractivity contribution in [3.8, 4) is 11.5 Å². The largest absolute Gasteiger partial charge is 0.493 e. The first-order chi connectivity index (χ1) is 7.58. The molecule has 1 heterocycles. The van der Waals surface area contributed by atoms with E-state index in [-0.39, 0.29) is 17.8 Å². The number of hydrogen-bond acceptors (Lipinski definition) is 3. The second-order valence-electron chi connectivity index (χ2n) is 4.85. The summed E-state index contributed by atoms with van der Waals surface area (Å²) >= 11 is 0. The summed E-state index contributed by atoms with van der Waals surface area (Å²) in [7, 11) is 3.35. The lowest BCUT2D eigenvalue weighted by Crippen LogP contribution is -2.38. The first-order valence-corrected chi connectivity index (χ1v) is 5.54. The van der Waals surface area contributed by atoms with Crippen molar-refractivity contribution in [2.45, 2.75) is 25.8 Å². The zero-order valence-corrected chi connectivity index (χ0v) is 11.6. The topological polar surface area (TPSA) is 30.5 Å². The van der Waals surface area contributed by atoms with Gasteiger partial charge in [-0.3, -0.25) is 0 Å². The summed E-state index contributed by atoms with van der Waals surface area (Å²) in [6.07, 6.45) is 0. The maximum Gasteiger partial charge on any atom is 0.161 e. The summed E-state index contributed by atoms with van der Waals surface area (Å²) in [4.78, 5) is 0. The summed E-state index contributed by atoms with van der Waals surface area (Å²) in [6, 6.07) is 4.18. The highest BCUT2D eigenvalue weighted by Crippen LogP contribution is 2.37. The van der Waals surface area contributed by atoms with Crippen molar-refractivity contribution in [3.63, 3.8) is 0 Å². The molecule has 0 unspecified atom stereocenters. The van der Waals surface area contributed by atoms with Crippen molar-refractivity contribution in [2.24, 2.45) is 0 Å². The zero-order valence-electron chi connectivity index (χ0n) is 10.8. The molecule has 3 nitrogen and oxygen atoms in total. The van der Waals surface area contributed by atoms with Crippen LogP contribution in [0.15, 0.2) is 12.1 Å². The van der Waals surface area contributed by atoms with E-state index in [4.69, 9.17) is 9.47 Å². The molecule has 0 aliphatic carbocycles. The second kappa shape index (κ2) is 5.15. The third-order valence-corrected chi connectivity index (χ3v) is 3.22. The molecular formula is C13H20ClNO2. The van der Waals surface area contributed by atoms with Crippen LogP contribution in [-0.4, -0.2) is 20.8 Å². The molecule has 1 N–H and O–H groups in total. The smallest absolute Gasteiger partial charge is 0.161 e. The Hall–Kier alpha value is -0.930. The SMILES string of the molecule is COc1cc2c(cc1OC)C(C)(C)CNC2.Cl. The van der Waals surface area contributed by atoms with Gasteiger partial charge in [-0.2, -0.15) is 0 Å². The average molecular weight is 258 g/mol. The Labute approximate surface area is 109 Å². The zero-order chi connectivity index (χ0) is 11.8. The first kappa shape index (κ1) is 14.1. The van der Waals surface area contributed by atoms with Crippen LogP contribution in [0.5, 0.6) is 11.5 Å². The van der Waals surface area contributed by atoms with Crippen molar-refractivity contribution in [1.82, 2.24) is 5.32 Å². The van der Waals surface area contributed by atoms with Crippen LogP contribution < -0.4 is 14.8 Å². The summed E-state index contributed by atoms with van der Waals surface area (Å²) in [5.74, 6) is 1.62. The van der Waals surface area contributed by atoms with Crippen LogP contribution in [0.3, 0.4) is 0 Å². The lowest BCUT2D eigenvalue weighted by molar-refractivity contribution is 0.349. The standard InChI is InChI=1S/C13H19NO2.ClH/c1-13(2)8-14-7-9-5-11(15-3)12(16-4)6-10(9)13;/h5-6,14H,7-8H2,1-4H3;1H. The van der Waals surface area contributed by atoms with E-state index in [0.717, 1.165) is 24.6 Å². The minimum absolute atomic E-state index is 0. The molecule has 0 fully saturated rings. The Morgan fingerprint density at radius 2 is 1.71 bits per heavy atom. The van der Waals surface area contributed by atoms with Gasteiger partial charge < -0.3 is 14.8 Å². The minimum atomic E-state index is 0. The van der Waals surface area contributed by atoms with Gasteiger partial charge in [-0.1, -0.05) is 13.8 Å². The van der Waals surface area contributed by atoms with Gasteiger partial charge in [0.25, 0.3) is 0 Å². The third kappa shape index (κ3) is 2.50. The van der Waals surface area contributed by atoms with Crippen molar-refractivity contribution >= 4 is 12.4 Å². The molecule has 1 aliphatic heterocycles. The van der Waals surface area contributed by atoms with Crippen LogP contribution in [0.2, 0.25) is 0 Å². The summed E-state index contributed by atoms with van der Waals surface area (Å²) in [6.45, 7) is 6.38. The molecule has 17 heavy (non-hydrogen) atoms. The number of halogens is 1. The second-order valence-corrected chi connectivity index (χ2v) is 4.85. The maximum absolute atomic E-state index is 5.35. The number of hydrogen-bond donors (Lipinski definition) is 1. The molecule has 4 heteroatoms. The molecule has 1 aromatic carbocycles. The normalized spacial score (nSPS) is 16.7. The molecule has 1 aliphatic rings. The van der Waals surface area contributed by atoms with Gasteiger partial charge in [0.05, 0.1) is 14.2 Å². The van der Waals surface area contributed by atoms with E-state index in [9.17, 15) is 0 Å². The number of fused-ring (bicyclic) bond motifs is 1. The molecular weight excluding hydrogens is 238 g/mol. The molecule has 0 aromatic heterocycles. The van der Waals surface area contributed by atoms with Gasteiger partial charge in [-0.25, -0.2) is 0 Å². The van der Waals surface area contributed by atoms with Crippen molar-refractivity contribution in [3.05, 3.63) is 23.3 Å². The molecule has 0 atom stereocenters. The third-order valence-electron chi connectivity index (χ3n) is 3.22. The molecule has 0 radical (unpaired) electrons. The van der Waals surface area contributed by atoms with Crippen LogP contribution in [0.25, 0.3) is 0 Å². The molecule has 0 bridgehead atoms. The Kier molecular flexibility index (Phi) is 4.28. The first-order valence-electron chi connectivity index (χ1n) is 5.54. The number of ether oxygens (including phenoxy) is 2. The Bertz CT molecular complexity index is 405. The Morgan fingerprint density at radius 1 is 1.12 bits per heavy atom. The predicted molar refractivity (Wildman–Crippen MR) is 71.5 cm³/mol. The van der Waals surface area contributed by atoms with Gasteiger partial charge in [0, 0.05) is 18.5 Å². The number of methoxy groups -OCH3 is 2. The lowest BCUT2D eigenvalue weighted by atomic mass is 9.79. The van der Waals surface area contributed by atoms with Gasteiger partial charge in [-0.05, 0) is 23.3 Å². The molecule has 96 valence electrons. The van der Waals surface area contributed by atoms with Crippen molar-refractivity contribution in [1.29, 1.82) is 0 Å². The van der Waals surface area contributed by atoms with E-state index >= 15 is 0 Å². The highest BCUT2D eigenvalue weighted by molar-refractivity contribution is 5.85. The van der Waals surface area contributed by atoms with E-state index in [2.05, 4.69) is 31.3 Å². The Balaban J connectivity index is 0.00000144. The van der Waals surface area contributed by atoms with Crippen LogP contribution in [0.1, 0.15) is 25.0 Å². The number of nitrogens with one attached hydrogen (secondary N) is 1. The average Bonchev–Trinajstić information content (AvgIpc) is 2.27. The monoisotopic (exact) mass is 257 g/mol. The molecule has 0 spiro atoms. The number of rotatable bonds is 2. The molecule has 1 aromatic rings. The van der Waals surface area contributed by atoms with Crippen molar-refractivity contribution in [2.75, 3.05) is 20.8 Å². The van der Waals surface area contributed by atoms with Gasteiger partial charge >= 0.3 is 0 Å². The quantitative estimate of drug-likeness (QED) is 0.883. The van der Waals surface area contributed by atoms with E-state index in [1.807, 2.05) is 0 Å². The number of benzene rings is 1. The van der Waals surface area contributed by atoms with Gasteiger partial charge in [-0.15, -0.1) is 12.4 Å². The van der Waals surface area contributed by atoms with Crippen molar-refractivity contribution < 1.29 is 9.47 Å². The van der Waals surface area contributed by atoms with E-state index in [0.29, 0.717) is 0 Å². The predicted octanol–water partition coefficient (Wildman–Crippen LogP) is 2.51. The van der Waals surface area contributed by atoms with E-state index in [1.165, 1.54) is 11.1 Å². The van der Waals surface area contributed by atoms with Crippen LogP contribution in [0, 0.1) is 0 Å². The highest BCUT2D eigenvalue weighted by Gasteiger charge is 2.28. The summed E-state index contributed by atoms with van der Waals surface area (Å²) in [5.41, 5.74) is 2.80. The van der Waals surface area contributed by atoms with Gasteiger partial charge in [0.1, 0.15) is 0 Å². The van der Waals surface area contributed by atoms with Crippen LogP contribution >= 0.6 is 12.4 Å². The summed E-state index contributed by atoms with van der Waals surface area (Å²) in [5, 5.41) is 3.42. The summed E-state index contributed by atoms with van der Waals surface area (Å²) < 4.78 is 10.7. The van der Waals surface area contributed by atoms with Gasteiger partial charge in [0.15, 0.2) is 11.5 Å². The molecule has 2 rings (SSSR count). The Morgan fingerprint density at radius 3 is 2.29 bits per heavy atom. The molecule has 0 amide bonds. The maximum atomic E-state index is 5.35. The minimum Gasteiger partial charge on any atom is -0.493 e. The van der Waals surface area contributed by atoms with Gasteiger partial charge in [0.2, 0.25) is 0 Å². The fraction of sp³-hybridized carbons (Fsp3) is 0.538. The van der Waals surface area contributed by atoms with E-state index in [1.54, 1.807) is 14.2 Å². The molecule has 0 saturated carbocycles. The lowest BCUT2D eigenvalue weighted by Gasteiger charge is -2.33. The fourth-order valence-corrected chi connectivity index (χ4v) is 2.30. The molecule has 0 saturated heterocycles. The highest BCUT2D eigenvalue weighted by atomic mass is 35.5. The van der Waals surface area contributed by atoms with Crippen LogP contribution in [-0.2, 0) is 12.0 Å². The fourth-order valence-electron chi connectivity index (χ4n) is 2.30. The van der Waals surface area contributed by atoms with Crippen LogP contribution in [0.4, 0.5) is 0 Å². The van der Waals surface area contributed by atoms with E-state index < -0.39 is 0 Å².